The number of benzene rings is 1. The highest BCUT2D eigenvalue weighted by molar-refractivity contribution is 5.81. The maximum absolute atomic E-state index is 12.1. The second kappa shape index (κ2) is 7.11. The van der Waals surface area contributed by atoms with Crippen LogP contribution in [0.5, 0.6) is 5.75 Å². The molecule has 0 unspecified atom stereocenters. The summed E-state index contributed by atoms with van der Waals surface area (Å²) in [6.45, 7) is 8.00. The molecule has 1 aromatic carbocycles. The Labute approximate surface area is 135 Å². The molecule has 23 heavy (non-hydrogen) atoms. The van der Waals surface area contributed by atoms with Crippen molar-refractivity contribution in [3.05, 3.63) is 29.8 Å². The summed E-state index contributed by atoms with van der Waals surface area (Å²) < 4.78 is 10.1. The number of hydroxylamine groups is 1. The number of esters is 1. The van der Waals surface area contributed by atoms with Crippen LogP contribution in [0.1, 0.15) is 40.2 Å². The molecule has 0 bridgehead atoms. The molecule has 0 heterocycles. The average Bonchev–Trinajstić information content (AvgIpc) is 2.44. The molecule has 0 aliphatic carbocycles. The minimum Gasteiger partial charge on any atom is -0.442 e. The smallest absolute Gasteiger partial charge is 0.431 e. The molecule has 1 aromatic rings. The van der Waals surface area contributed by atoms with Gasteiger partial charge in [0.05, 0.1) is 11.6 Å². The minimum absolute atomic E-state index is 0.267. The zero-order valence-electron chi connectivity index (χ0n) is 13.8. The molecule has 7 nitrogen and oxygen atoms in total. The zero-order valence-corrected chi connectivity index (χ0v) is 13.8. The molecule has 0 saturated heterocycles. The van der Waals surface area contributed by atoms with Crippen LogP contribution in [-0.2, 0) is 14.4 Å². The lowest BCUT2D eigenvalue weighted by Crippen LogP contribution is -2.45. The summed E-state index contributed by atoms with van der Waals surface area (Å²) in [4.78, 5) is 28.7. The third kappa shape index (κ3) is 6.36. The van der Waals surface area contributed by atoms with Gasteiger partial charge in [0.2, 0.25) is 0 Å². The van der Waals surface area contributed by atoms with Crippen molar-refractivity contribution in [2.45, 2.75) is 45.8 Å². The second-order valence-corrected chi connectivity index (χ2v) is 6.24. The van der Waals surface area contributed by atoms with Gasteiger partial charge in [0.1, 0.15) is 11.4 Å². The third-order valence-corrected chi connectivity index (χ3v) is 2.47. The number of hydrogen-bond acceptors (Lipinski definition) is 6. The highest BCUT2D eigenvalue weighted by Crippen LogP contribution is 2.17. The van der Waals surface area contributed by atoms with Gasteiger partial charge in [0, 0.05) is 0 Å². The van der Waals surface area contributed by atoms with E-state index in [2.05, 4.69) is 5.48 Å². The first-order chi connectivity index (χ1) is 10.5. The Balaban J connectivity index is 2.59. The highest BCUT2D eigenvalue weighted by atomic mass is 16.7. The number of hydrogen-bond donors (Lipinski definition) is 1. The normalized spacial score (nSPS) is 11.3. The van der Waals surface area contributed by atoms with Crippen LogP contribution in [0.4, 0.5) is 4.79 Å². The number of amides is 1. The van der Waals surface area contributed by atoms with Gasteiger partial charge in [-0.15, -0.1) is 0 Å². The van der Waals surface area contributed by atoms with E-state index in [1.807, 2.05) is 6.07 Å². The van der Waals surface area contributed by atoms with E-state index < -0.39 is 23.3 Å². The molecule has 1 N–H and O–H groups in total. The fourth-order valence-electron chi connectivity index (χ4n) is 1.34. The quantitative estimate of drug-likeness (QED) is 0.520. The van der Waals surface area contributed by atoms with Gasteiger partial charge in [0.25, 0.3) is 0 Å². The fraction of sp³-hybridized carbons (Fsp3) is 0.438. The minimum atomic E-state index is -1.43. The maximum Gasteiger partial charge on any atom is 0.431 e. The van der Waals surface area contributed by atoms with Crippen molar-refractivity contribution in [3.63, 3.8) is 0 Å². The van der Waals surface area contributed by atoms with Crippen LogP contribution in [0.3, 0.4) is 0 Å². The van der Waals surface area contributed by atoms with Crippen molar-refractivity contribution in [2.75, 3.05) is 0 Å². The molecular formula is C16H20N2O5. The van der Waals surface area contributed by atoms with Gasteiger partial charge >= 0.3 is 12.1 Å². The van der Waals surface area contributed by atoms with Gasteiger partial charge < -0.3 is 9.47 Å². The lowest BCUT2D eigenvalue weighted by molar-refractivity contribution is -0.166. The number of carbonyl (C=O) groups is 2. The predicted molar refractivity (Wildman–Crippen MR) is 81.3 cm³/mol. The third-order valence-electron chi connectivity index (χ3n) is 2.47. The molecule has 0 aromatic heterocycles. The van der Waals surface area contributed by atoms with Crippen LogP contribution in [-0.4, -0.2) is 23.3 Å². The Kier molecular flexibility index (Phi) is 5.71. The Morgan fingerprint density at radius 1 is 1.09 bits per heavy atom. The summed E-state index contributed by atoms with van der Waals surface area (Å²) in [6, 6.07) is 8.00. The Hall–Kier alpha value is -2.59. The molecule has 0 radical (unpaired) electrons. The first-order valence-electron chi connectivity index (χ1n) is 6.93. The van der Waals surface area contributed by atoms with Crippen LogP contribution >= 0.6 is 0 Å². The van der Waals surface area contributed by atoms with Gasteiger partial charge in [0.15, 0.2) is 5.60 Å². The van der Waals surface area contributed by atoms with Gasteiger partial charge in [-0.3, -0.25) is 4.84 Å². The summed E-state index contributed by atoms with van der Waals surface area (Å²) in [5.41, 5.74) is 0.404. The van der Waals surface area contributed by atoms with Crippen molar-refractivity contribution < 1.29 is 23.9 Å². The summed E-state index contributed by atoms with van der Waals surface area (Å²) in [6.07, 6.45) is -0.809. The van der Waals surface area contributed by atoms with E-state index in [1.165, 1.54) is 38.1 Å². The van der Waals surface area contributed by atoms with Crippen molar-refractivity contribution in [3.8, 4) is 11.8 Å². The van der Waals surface area contributed by atoms with E-state index in [-0.39, 0.29) is 5.75 Å². The lowest BCUT2D eigenvalue weighted by atomic mass is 10.1. The van der Waals surface area contributed by atoms with Crippen LogP contribution < -0.4 is 10.2 Å². The number of rotatable bonds is 4. The number of nitriles is 1. The standard InChI is InChI=1S/C16H20N2O5/c1-15(2,3)22-14(20)18-23-16(4,5)13(19)21-12-8-6-11(10-17)7-9-12/h6-9H,1-5H3,(H,18,20). The molecule has 1 amide bonds. The Morgan fingerprint density at radius 2 is 1.65 bits per heavy atom. The van der Waals surface area contributed by atoms with E-state index in [0.717, 1.165) is 0 Å². The molecule has 0 aliphatic heterocycles. The molecule has 0 atom stereocenters. The summed E-state index contributed by atoms with van der Waals surface area (Å²) in [5, 5.41) is 8.71. The van der Waals surface area contributed by atoms with E-state index in [4.69, 9.17) is 19.6 Å². The topological polar surface area (TPSA) is 97.7 Å². The maximum atomic E-state index is 12.1. The summed E-state index contributed by atoms with van der Waals surface area (Å²) in [7, 11) is 0. The first-order valence-corrected chi connectivity index (χ1v) is 6.93. The van der Waals surface area contributed by atoms with E-state index >= 15 is 0 Å². The zero-order chi connectivity index (χ0) is 17.7. The van der Waals surface area contributed by atoms with E-state index in [1.54, 1.807) is 20.8 Å². The molecule has 0 spiro atoms. The Bertz CT molecular complexity index is 609. The monoisotopic (exact) mass is 320 g/mol. The average molecular weight is 320 g/mol. The molecule has 0 aliphatic rings. The molecule has 0 fully saturated rings. The SMILES string of the molecule is CC(C)(C)OC(=O)NOC(C)(C)C(=O)Oc1ccc(C#N)cc1. The fourth-order valence-corrected chi connectivity index (χ4v) is 1.34. The van der Waals surface area contributed by atoms with Crippen molar-refractivity contribution in [1.82, 2.24) is 5.48 Å². The van der Waals surface area contributed by atoms with Crippen LogP contribution in [0, 0.1) is 11.3 Å². The molecule has 124 valence electrons. The van der Waals surface area contributed by atoms with Gasteiger partial charge in [-0.1, -0.05) is 0 Å². The number of ether oxygens (including phenoxy) is 2. The van der Waals surface area contributed by atoms with Crippen molar-refractivity contribution >= 4 is 12.1 Å². The molecular weight excluding hydrogens is 300 g/mol. The van der Waals surface area contributed by atoms with Gasteiger partial charge in [-0.25, -0.2) is 9.59 Å². The molecule has 1 rings (SSSR count). The molecule has 7 heteroatoms. The summed E-state index contributed by atoms with van der Waals surface area (Å²) in [5.74, 6) is -0.443. The highest BCUT2D eigenvalue weighted by Gasteiger charge is 2.33. The van der Waals surface area contributed by atoms with E-state index in [9.17, 15) is 9.59 Å². The second-order valence-electron chi connectivity index (χ2n) is 6.24. The van der Waals surface area contributed by atoms with Crippen molar-refractivity contribution in [2.24, 2.45) is 0 Å². The van der Waals surface area contributed by atoms with Crippen LogP contribution in [0.15, 0.2) is 24.3 Å². The van der Waals surface area contributed by atoms with E-state index in [0.29, 0.717) is 5.56 Å². The Morgan fingerprint density at radius 3 is 2.13 bits per heavy atom. The predicted octanol–water partition coefficient (Wildman–Crippen LogP) is 2.70. The lowest BCUT2D eigenvalue weighted by Gasteiger charge is -2.24. The van der Waals surface area contributed by atoms with Gasteiger partial charge in [-0.05, 0) is 58.9 Å². The largest absolute Gasteiger partial charge is 0.442 e. The summed E-state index contributed by atoms with van der Waals surface area (Å²) >= 11 is 0. The number of carbonyl (C=O) groups excluding carboxylic acids is 2. The number of nitrogens with one attached hydrogen (secondary N) is 1. The van der Waals surface area contributed by atoms with Crippen LogP contribution in [0.25, 0.3) is 0 Å². The van der Waals surface area contributed by atoms with Crippen LogP contribution in [0.2, 0.25) is 0 Å². The van der Waals surface area contributed by atoms with Gasteiger partial charge in [-0.2, -0.15) is 10.7 Å². The molecule has 0 saturated carbocycles. The first kappa shape index (κ1) is 18.5. The van der Waals surface area contributed by atoms with Crippen molar-refractivity contribution in [1.29, 1.82) is 5.26 Å². The number of nitrogens with zero attached hydrogens (tertiary/aromatic N) is 1.